The van der Waals surface area contributed by atoms with Crippen LogP contribution in [0.1, 0.15) is 12.8 Å². The van der Waals surface area contributed by atoms with E-state index in [1.54, 1.807) is 12.2 Å². The van der Waals surface area contributed by atoms with Crippen LogP contribution in [-0.2, 0) is 0 Å². The monoisotopic (exact) mass is 223 g/mol. The summed E-state index contributed by atoms with van der Waals surface area (Å²) in [5, 5.41) is 10.3. The van der Waals surface area contributed by atoms with Crippen LogP contribution < -0.4 is 0 Å². The number of β-amino-alcohol motifs (C(OH)–C–C–N with tert-alkyl or cyclic N) is 1. The van der Waals surface area contributed by atoms with E-state index in [-0.39, 0.29) is 0 Å². The van der Waals surface area contributed by atoms with E-state index in [1.165, 1.54) is 12.2 Å². The molecule has 2 nitrogen and oxygen atoms in total. The van der Waals surface area contributed by atoms with Gasteiger partial charge in [-0.15, -0.1) is 0 Å². The second kappa shape index (κ2) is 4.52. The van der Waals surface area contributed by atoms with Crippen molar-refractivity contribution in [1.29, 1.82) is 0 Å². The molecule has 2 aliphatic rings. The van der Waals surface area contributed by atoms with Gasteiger partial charge in [0.2, 0.25) is 0 Å². The summed E-state index contributed by atoms with van der Waals surface area (Å²) >= 11 is 0. The Bertz CT molecular complexity index is 348. The number of alkyl halides is 1. The molecule has 0 spiro atoms. The van der Waals surface area contributed by atoms with Gasteiger partial charge in [0.25, 0.3) is 0 Å². The molecule has 1 saturated heterocycles. The molecule has 0 amide bonds. The lowest BCUT2D eigenvalue weighted by Gasteiger charge is -2.22. The minimum Gasteiger partial charge on any atom is -0.388 e. The van der Waals surface area contributed by atoms with E-state index in [1.807, 2.05) is 13.1 Å². The lowest BCUT2D eigenvalue weighted by molar-refractivity contribution is 0.0531. The predicted octanol–water partition coefficient (Wildman–Crippen LogP) is 1.83. The van der Waals surface area contributed by atoms with Crippen LogP contribution in [-0.4, -0.2) is 41.9 Å². The molecule has 1 aliphatic heterocycles. The maximum absolute atomic E-state index is 13.0. The zero-order valence-electron chi connectivity index (χ0n) is 9.56. The number of hydrogen-bond acceptors (Lipinski definition) is 2. The molecule has 0 saturated carbocycles. The lowest BCUT2D eigenvalue weighted by atomic mass is 9.93. The quantitative estimate of drug-likeness (QED) is 0.772. The minimum absolute atomic E-state index is 0.602. The highest BCUT2D eigenvalue weighted by Gasteiger charge is 2.34. The first-order chi connectivity index (χ1) is 7.57. The Hall–Kier alpha value is -0.930. The van der Waals surface area contributed by atoms with Gasteiger partial charge in [0, 0.05) is 19.5 Å². The standard InChI is InChI=1S/C13H18FNO/c1-15-8-7-13(16,10-15)9-11-3-2-4-12(14)6-5-11/h2-6,12,16H,7-10H2,1H3. The van der Waals surface area contributed by atoms with Gasteiger partial charge in [-0.2, -0.15) is 0 Å². The third-order valence-corrected chi connectivity index (χ3v) is 3.16. The number of halogens is 1. The average molecular weight is 223 g/mol. The minimum atomic E-state index is -1.00. The van der Waals surface area contributed by atoms with Crippen LogP contribution in [0.2, 0.25) is 0 Å². The predicted molar refractivity (Wildman–Crippen MR) is 62.9 cm³/mol. The molecule has 3 heteroatoms. The third kappa shape index (κ3) is 2.80. The summed E-state index contributed by atoms with van der Waals surface area (Å²) in [5.74, 6) is 0. The second-order valence-electron chi connectivity index (χ2n) is 4.82. The Morgan fingerprint density at radius 1 is 1.56 bits per heavy atom. The van der Waals surface area contributed by atoms with Crippen molar-refractivity contribution >= 4 is 0 Å². The van der Waals surface area contributed by atoms with Gasteiger partial charge < -0.3 is 10.0 Å². The Labute approximate surface area is 95.8 Å². The summed E-state index contributed by atoms with van der Waals surface area (Å²) in [4.78, 5) is 2.12. The van der Waals surface area contributed by atoms with Gasteiger partial charge in [0.1, 0.15) is 6.17 Å². The van der Waals surface area contributed by atoms with Crippen molar-refractivity contribution in [3.05, 3.63) is 36.0 Å². The van der Waals surface area contributed by atoms with Crippen molar-refractivity contribution in [3.8, 4) is 0 Å². The van der Waals surface area contributed by atoms with Crippen molar-refractivity contribution in [2.75, 3.05) is 20.1 Å². The number of likely N-dealkylation sites (tertiary alicyclic amines) is 1. The topological polar surface area (TPSA) is 23.5 Å². The summed E-state index contributed by atoms with van der Waals surface area (Å²) in [6.07, 6.45) is 8.80. The number of allylic oxidation sites excluding steroid dienone is 5. The maximum Gasteiger partial charge on any atom is 0.137 e. The normalized spacial score (nSPS) is 35.2. The first-order valence-electron chi connectivity index (χ1n) is 5.68. The van der Waals surface area contributed by atoms with E-state index in [2.05, 4.69) is 4.90 Å². The van der Waals surface area contributed by atoms with Gasteiger partial charge in [-0.05, 0) is 31.2 Å². The molecular formula is C13H18FNO. The first kappa shape index (κ1) is 11.6. The van der Waals surface area contributed by atoms with Crippen molar-refractivity contribution in [2.24, 2.45) is 0 Å². The Morgan fingerprint density at radius 2 is 2.38 bits per heavy atom. The summed E-state index contributed by atoms with van der Waals surface area (Å²) in [6.45, 7) is 1.62. The van der Waals surface area contributed by atoms with Gasteiger partial charge in [0.15, 0.2) is 0 Å². The van der Waals surface area contributed by atoms with Gasteiger partial charge >= 0.3 is 0 Å². The highest BCUT2D eigenvalue weighted by atomic mass is 19.1. The molecule has 2 rings (SSSR count). The van der Waals surface area contributed by atoms with Gasteiger partial charge in [-0.25, -0.2) is 4.39 Å². The Morgan fingerprint density at radius 3 is 3.06 bits per heavy atom. The van der Waals surface area contributed by atoms with E-state index >= 15 is 0 Å². The molecule has 16 heavy (non-hydrogen) atoms. The van der Waals surface area contributed by atoms with Crippen LogP contribution in [0.25, 0.3) is 0 Å². The van der Waals surface area contributed by atoms with Crippen molar-refractivity contribution in [1.82, 2.24) is 4.90 Å². The number of nitrogens with zero attached hydrogens (tertiary/aromatic N) is 1. The third-order valence-electron chi connectivity index (χ3n) is 3.16. The molecule has 1 aliphatic carbocycles. The van der Waals surface area contributed by atoms with Crippen LogP contribution in [0.4, 0.5) is 4.39 Å². The molecular weight excluding hydrogens is 205 g/mol. The summed E-state index contributed by atoms with van der Waals surface area (Å²) in [6, 6.07) is 0. The molecule has 1 N–H and O–H groups in total. The highest BCUT2D eigenvalue weighted by Crippen LogP contribution is 2.28. The first-order valence-corrected chi connectivity index (χ1v) is 5.68. The Balaban J connectivity index is 2.02. The van der Waals surface area contributed by atoms with Crippen LogP contribution in [0.15, 0.2) is 36.0 Å². The van der Waals surface area contributed by atoms with Crippen molar-refractivity contribution < 1.29 is 9.50 Å². The fourth-order valence-corrected chi connectivity index (χ4v) is 2.32. The second-order valence-corrected chi connectivity index (χ2v) is 4.82. The number of rotatable bonds is 2. The summed E-state index contributed by atoms with van der Waals surface area (Å²) in [7, 11) is 2.01. The molecule has 0 radical (unpaired) electrons. The maximum atomic E-state index is 13.0. The smallest absolute Gasteiger partial charge is 0.137 e. The van der Waals surface area contributed by atoms with Crippen molar-refractivity contribution in [2.45, 2.75) is 24.6 Å². The molecule has 0 bridgehead atoms. The lowest BCUT2D eigenvalue weighted by Crippen LogP contribution is -2.32. The molecule has 1 heterocycles. The number of aliphatic hydroxyl groups is 1. The number of likely N-dealkylation sites (N-methyl/N-ethyl adjacent to an activating group) is 1. The molecule has 0 aromatic heterocycles. The zero-order chi connectivity index (χ0) is 11.6. The Kier molecular flexibility index (Phi) is 3.26. The number of hydrogen-bond donors (Lipinski definition) is 1. The molecule has 88 valence electrons. The molecule has 0 aromatic carbocycles. The van der Waals surface area contributed by atoms with E-state index in [0.29, 0.717) is 13.0 Å². The van der Waals surface area contributed by atoms with Crippen LogP contribution >= 0.6 is 0 Å². The zero-order valence-corrected chi connectivity index (χ0v) is 9.56. The fraction of sp³-hybridized carbons (Fsp3) is 0.538. The molecule has 0 aromatic rings. The van der Waals surface area contributed by atoms with Gasteiger partial charge in [-0.1, -0.05) is 18.2 Å². The van der Waals surface area contributed by atoms with Gasteiger partial charge in [-0.3, -0.25) is 0 Å². The summed E-state index contributed by atoms with van der Waals surface area (Å²) in [5.41, 5.74) is 0.351. The van der Waals surface area contributed by atoms with E-state index in [4.69, 9.17) is 0 Å². The van der Waals surface area contributed by atoms with E-state index in [9.17, 15) is 9.50 Å². The molecule has 1 fully saturated rings. The van der Waals surface area contributed by atoms with Crippen LogP contribution in [0, 0.1) is 0 Å². The van der Waals surface area contributed by atoms with Gasteiger partial charge in [0.05, 0.1) is 5.60 Å². The summed E-state index contributed by atoms with van der Waals surface area (Å²) < 4.78 is 13.0. The van der Waals surface area contributed by atoms with E-state index in [0.717, 1.165) is 18.5 Å². The SMILES string of the molecule is CN1CCC(O)(CC2=CC=CC(F)C=C2)C1. The molecule has 2 unspecified atom stereocenters. The molecule has 2 atom stereocenters. The van der Waals surface area contributed by atoms with E-state index < -0.39 is 11.8 Å². The largest absolute Gasteiger partial charge is 0.388 e. The van der Waals surface area contributed by atoms with Crippen molar-refractivity contribution in [3.63, 3.8) is 0 Å². The average Bonchev–Trinajstić information content (AvgIpc) is 2.42. The van der Waals surface area contributed by atoms with Crippen LogP contribution in [0.5, 0.6) is 0 Å². The fourth-order valence-electron chi connectivity index (χ4n) is 2.32. The highest BCUT2D eigenvalue weighted by molar-refractivity contribution is 5.31. The van der Waals surface area contributed by atoms with Crippen LogP contribution in [0.3, 0.4) is 0 Å².